The van der Waals surface area contributed by atoms with Gasteiger partial charge in [-0.05, 0) is 60.0 Å². The molecule has 0 saturated carbocycles. The molecule has 0 spiro atoms. The second kappa shape index (κ2) is 13.1. The molecule has 0 amide bonds. The maximum Gasteiger partial charge on any atom is 0.238 e. The van der Waals surface area contributed by atoms with Gasteiger partial charge in [-0.2, -0.15) is 0 Å². The number of hydrogen-bond donors (Lipinski definition) is 0. The van der Waals surface area contributed by atoms with Gasteiger partial charge >= 0.3 is 0 Å². The van der Waals surface area contributed by atoms with Crippen LogP contribution in [0, 0.1) is 19.3 Å². The number of aryl methyl sites for hydroxylation is 1. The van der Waals surface area contributed by atoms with E-state index in [2.05, 4.69) is 19.7 Å². The number of rotatable bonds is 9. The molecule has 46 heavy (non-hydrogen) atoms. The van der Waals surface area contributed by atoms with Crippen LogP contribution in [0.3, 0.4) is 0 Å². The molecule has 1 aliphatic heterocycles. The summed E-state index contributed by atoms with van der Waals surface area (Å²) >= 11 is 7.00. The predicted molar refractivity (Wildman–Crippen MR) is 178 cm³/mol. The van der Waals surface area contributed by atoms with Gasteiger partial charge in [0.05, 0.1) is 35.9 Å². The van der Waals surface area contributed by atoms with Crippen LogP contribution in [0.4, 0.5) is 16.0 Å². The number of aromatic nitrogens is 3. The predicted octanol–water partition coefficient (Wildman–Crippen LogP) is 7.13. The van der Waals surface area contributed by atoms with Gasteiger partial charge in [0.2, 0.25) is 6.54 Å². The molecular weight excluding hydrogens is 607 g/mol. The molecule has 0 saturated heterocycles. The maximum absolute atomic E-state index is 16.6. The van der Waals surface area contributed by atoms with E-state index in [4.69, 9.17) is 37.4 Å². The Morgan fingerprint density at radius 3 is 2.24 bits per heavy atom. The van der Waals surface area contributed by atoms with Crippen LogP contribution in [0.25, 0.3) is 27.0 Å². The fraction of sp³-hybridized carbons (Fsp3) is 0.257. The highest BCUT2D eigenvalue weighted by molar-refractivity contribution is 6.36. The summed E-state index contributed by atoms with van der Waals surface area (Å²) in [5.74, 6) is 2.30. The molecular formula is C35H32ClFN6O3. The Bertz CT molecular complexity index is 1880. The third-order valence-electron chi connectivity index (χ3n) is 8.11. The summed E-state index contributed by atoms with van der Waals surface area (Å²) in [6.07, 6.45) is 1.32. The summed E-state index contributed by atoms with van der Waals surface area (Å²) in [5.41, 5.74) is 3.49. The Labute approximate surface area is 272 Å². The fourth-order valence-electron chi connectivity index (χ4n) is 5.62. The lowest BCUT2D eigenvalue weighted by Crippen LogP contribution is -2.38. The van der Waals surface area contributed by atoms with E-state index in [1.54, 1.807) is 20.3 Å². The molecule has 0 N–H and O–H groups in total. The summed E-state index contributed by atoms with van der Waals surface area (Å²) in [6, 6.07) is 19.2. The third kappa shape index (κ3) is 5.94. The van der Waals surface area contributed by atoms with Gasteiger partial charge in [-0.3, -0.25) is 0 Å². The molecule has 1 unspecified atom stereocenters. The molecule has 2 aromatic heterocycles. The summed E-state index contributed by atoms with van der Waals surface area (Å²) in [7, 11) is 5.08. The van der Waals surface area contributed by atoms with Gasteiger partial charge in [0.1, 0.15) is 47.6 Å². The fourth-order valence-corrected chi connectivity index (χ4v) is 5.95. The van der Waals surface area contributed by atoms with E-state index in [1.807, 2.05) is 73.5 Å². The zero-order valence-corrected chi connectivity index (χ0v) is 26.7. The summed E-state index contributed by atoms with van der Waals surface area (Å²) < 4.78 is 33.5. The zero-order valence-electron chi connectivity index (χ0n) is 25.9. The van der Waals surface area contributed by atoms with Crippen LogP contribution in [0.5, 0.6) is 17.2 Å². The summed E-state index contributed by atoms with van der Waals surface area (Å²) in [5, 5.41) is 0.455. The lowest BCUT2D eigenvalue weighted by atomic mass is 10.0. The lowest BCUT2D eigenvalue weighted by Gasteiger charge is -2.26. The third-order valence-corrected chi connectivity index (χ3v) is 8.47. The molecule has 9 nitrogen and oxygen atoms in total. The highest BCUT2D eigenvalue weighted by atomic mass is 35.5. The number of methoxy groups -OCH3 is 2. The highest BCUT2D eigenvalue weighted by Gasteiger charge is 2.32. The van der Waals surface area contributed by atoms with E-state index in [0.717, 1.165) is 28.2 Å². The van der Waals surface area contributed by atoms with E-state index in [1.165, 1.54) is 6.33 Å². The second-order valence-corrected chi connectivity index (χ2v) is 11.5. The van der Waals surface area contributed by atoms with Gasteiger partial charge in [0.15, 0.2) is 11.6 Å². The van der Waals surface area contributed by atoms with Crippen molar-refractivity contribution in [3.8, 4) is 28.5 Å². The van der Waals surface area contributed by atoms with E-state index >= 15 is 4.39 Å². The van der Waals surface area contributed by atoms with Crippen LogP contribution in [0.15, 0.2) is 67.0 Å². The average Bonchev–Trinajstić information content (AvgIpc) is 3.21. The van der Waals surface area contributed by atoms with Crippen molar-refractivity contribution in [1.29, 1.82) is 0 Å². The summed E-state index contributed by atoms with van der Waals surface area (Å²) in [6.45, 7) is 10.7. The van der Waals surface area contributed by atoms with E-state index in [0.29, 0.717) is 35.8 Å². The van der Waals surface area contributed by atoms with Gasteiger partial charge in [0, 0.05) is 20.1 Å². The molecule has 11 heteroatoms. The van der Waals surface area contributed by atoms with Gasteiger partial charge in [-0.1, -0.05) is 35.9 Å². The van der Waals surface area contributed by atoms with Crippen molar-refractivity contribution in [3.05, 3.63) is 106 Å². The maximum atomic E-state index is 16.6. The van der Waals surface area contributed by atoms with Gasteiger partial charge in [0.25, 0.3) is 0 Å². The topological polar surface area (TPSA) is 77.2 Å². The minimum absolute atomic E-state index is 0.0768. The van der Waals surface area contributed by atoms with Crippen LogP contribution in [0.2, 0.25) is 5.02 Å². The van der Waals surface area contributed by atoms with Crippen molar-refractivity contribution in [2.24, 2.45) is 0 Å². The molecule has 0 radical (unpaired) electrons. The largest absolute Gasteiger partial charge is 0.497 e. The number of ether oxygens (including phenoxy) is 3. The number of likely N-dealkylation sites (N-methyl/N-ethyl adjacent to an activating group) is 1. The number of pyridine rings is 1. The Balaban J connectivity index is 1.47. The van der Waals surface area contributed by atoms with Crippen LogP contribution in [-0.2, 0) is 13.1 Å². The normalized spacial score (nSPS) is 13.9. The molecule has 3 aromatic carbocycles. The summed E-state index contributed by atoms with van der Waals surface area (Å²) in [4.78, 5) is 21.2. The van der Waals surface area contributed by atoms with Crippen molar-refractivity contribution in [2.75, 3.05) is 44.2 Å². The Morgan fingerprint density at radius 2 is 1.65 bits per heavy atom. The smallest absolute Gasteiger partial charge is 0.238 e. The first kappa shape index (κ1) is 30.9. The van der Waals surface area contributed by atoms with Crippen molar-refractivity contribution >= 4 is 34.1 Å². The first-order valence-corrected chi connectivity index (χ1v) is 15.0. The quantitative estimate of drug-likeness (QED) is 0.158. The molecule has 5 aromatic rings. The van der Waals surface area contributed by atoms with Crippen molar-refractivity contribution in [3.63, 3.8) is 0 Å². The number of benzene rings is 3. The van der Waals surface area contributed by atoms with Crippen LogP contribution in [0.1, 0.15) is 16.7 Å². The van der Waals surface area contributed by atoms with Gasteiger partial charge in [-0.15, -0.1) is 0 Å². The van der Waals surface area contributed by atoms with Crippen LogP contribution < -0.4 is 24.0 Å². The number of anilines is 2. The molecule has 0 fully saturated rings. The molecule has 6 rings (SSSR count). The molecule has 1 aliphatic rings. The first-order valence-electron chi connectivity index (χ1n) is 14.7. The highest BCUT2D eigenvalue weighted by Crippen LogP contribution is 2.47. The average molecular weight is 639 g/mol. The van der Waals surface area contributed by atoms with Gasteiger partial charge in [-0.25, -0.2) is 25.9 Å². The van der Waals surface area contributed by atoms with Crippen molar-refractivity contribution in [1.82, 2.24) is 15.0 Å². The minimum Gasteiger partial charge on any atom is -0.497 e. The second-order valence-electron chi connectivity index (χ2n) is 11.1. The van der Waals surface area contributed by atoms with E-state index in [-0.39, 0.29) is 41.0 Å². The monoisotopic (exact) mass is 638 g/mol. The van der Waals surface area contributed by atoms with E-state index in [9.17, 15) is 0 Å². The molecule has 3 heterocycles. The molecule has 0 bridgehead atoms. The molecule has 1 atom stereocenters. The lowest BCUT2D eigenvalue weighted by molar-refractivity contribution is 0.298. The van der Waals surface area contributed by atoms with Gasteiger partial charge < -0.3 is 28.9 Å². The van der Waals surface area contributed by atoms with Crippen LogP contribution >= 0.6 is 11.6 Å². The number of halogens is 2. The molecule has 0 aliphatic carbocycles. The van der Waals surface area contributed by atoms with E-state index < -0.39 is 5.82 Å². The SMILES string of the molecule is [C-]#[N+]CC1COc2c(Cl)c(-c3cc(C)cc(N(Cc4ccc(OC)cc4)Cc4ccc(OC)cc4)n3)c(F)c3ncnc(c23)N1C. The first-order chi connectivity index (χ1) is 22.3. The standard InChI is InChI=1S/C35H32ClFN6O3/c1-21-14-27(29-31(36)34-30-33(32(29)37)39-20-40-35(30)42(3)24(16-38-2)19-46-34)41-28(15-21)43(17-22-6-10-25(44-4)11-7-22)18-23-8-12-26(45-5)13-9-23/h6-15,20,24H,16-19H2,1,3-5H3. The Kier molecular flexibility index (Phi) is 8.77. The number of hydrogen-bond acceptors (Lipinski definition) is 8. The van der Waals surface area contributed by atoms with Crippen molar-refractivity contribution in [2.45, 2.75) is 26.1 Å². The molecule has 234 valence electrons. The Morgan fingerprint density at radius 1 is 1.02 bits per heavy atom. The Hall–Kier alpha value is -5.14. The van der Waals surface area contributed by atoms with Crippen molar-refractivity contribution < 1.29 is 18.6 Å². The van der Waals surface area contributed by atoms with Crippen LogP contribution in [-0.4, -0.2) is 55.4 Å². The minimum atomic E-state index is -0.617. The zero-order chi connectivity index (χ0) is 32.4. The number of nitrogens with zero attached hydrogens (tertiary/aromatic N) is 6.